The van der Waals surface area contributed by atoms with E-state index >= 15 is 0 Å². The summed E-state index contributed by atoms with van der Waals surface area (Å²) in [6, 6.07) is 15.2. The lowest BCUT2D eigenvalue weighted by molar-refractivity contribution is -0.0726. The summed E-state index contributed by atoms with van der Waals surface area (Å²) in [5, 5.41) is 1.53. The van der Waals surface area contributed by atoms with Crippen LogP contribution in [0, 0.1) is 0 Å². The van der Waals surface area contributed by atoms with Crippen LogP contribution >= 0.6 is 23.2 Å². The largest absolute Gasteiger partial charge is 0.491 e. The van der Waals surface area contributed by atoms with E-state index in [0.29, 0.717) is 29.8 Å². The number of rotatable bonds is 8. The highest BCUT2D eigenvalue weighted by Crippen LogP contribution is 2.23. The number of hydrogen-bond donors (Lipinski definition) is 0. The van der Waals surface area contributed by atoms with Crippen molar-refractivity contribution in [3.8, 4) is 5.75 Å². The molecule has 2 aromatic carbocycles. The van der Waals surface area contributed by atoms with E-state index in [1.54, 1.807) is 30.7 Å². The third-order valence-electron chi connectivity index (χ3n) is 6.05. The maximum Gasteiger partial charge on any atom is 0.176 e. The van der Waals surface area contributed by atoms with Crippen molar-refractivity contribution in [2.75, 3.05) is 44.3 Å². The van der Waals surface area contributed by atoms with Gasteiger partial charge in [0.25, 0.3) is 0 Å². The van der Waals surface area contributed by atoms with Crippen LogP contribution in [0.4, 0.5) is 5.69 Å². The molecule has 3 atom stereocenters. The molecule has 3 aromatic rings. The van der Waals surface area contributed by atoms with E-state index < -0.39 is 11.0 Å². The first-order chi connectivity index (χ1) is 18.4. The Morgan fingerprint density at radius 1 is 1.08 bits per heavy atom. The molecule has 2 aliphatic heterocycles. The Balaban J connectivity index is 0.000000360. The molecule has 0 bridgehead atoms. The van der Waals surface area contributed by atoms with Gasteiger partial charge in [0, 0.05) is 59.6 Å². The zero-order chi connectivity index (χ0) is 26.9. The second-order valence-electron chi connectivity index (χ2n) is 9.27. The number of hydrogen-bond acceptors (Lipinski definition) is 6. The third kappa shape index (κ3) is 8.69. The summed E-state index contributed by atoms with van der Waals surface area (Å²) < 4.78 is 33.7. The summed E-state index contributed by atoms with van der Waals surface area (Å²) in [6.07, 6.45) is 5.04. The van der Waals surface area contributed by atoms with Gasteiger partial charge in [-0.3, -0.25) is 0 Å². The van der Waals surface area contributed by atoms with Gasteiger partial charge >= 0.3 is 0 Å². The highest BCUT2D eigenvalue weighted by Gasteiger charge is 2.27. The van der Waals surface area contributed by atoms with Gasteiger partial charge in [-0.2, -0.15) is 0 Å². The van der Waals surface area contributed by atoms with Crippen LogP contribution in [0.15, 0.2) is 67.3 Å². The normalized spacial score (nSPS) is 20.7. The second kappa shape index (κ2) is 14.3. The summed E-state index contributed by atoms with van der Waals surface area (Å²) in [7, 11) is -0.889. The SMILES string of the molecule is CC(C)S(=O)N1CCN(c2ccc(OCC3COC(Cn4ccnc4)O3)cc2)CC1.Clc1cccc(Cl)c1. The molecule has 2 saturated heterocycles. The molecule has 2 aliphatic rings. The number of halogens is 2. The number of nitrogens with zero attached hydrogens (tertiary/aromatic N) is 4. The number of ether oxygens (including phenoxy) is 3. The molecule has 0 spiro atoms. The van der Waals surface area contributed by atoms with E-state index in [1.165, 1.54) is 0 Å². The lowest BCUT2D eigenvalue weighted by Gasteiger charge is -2.35. The molecule has 38 heavy (non-hydrogen) atoms. The Bertz CT molecular complexity index is 1120. The quantitative estimate of drug-likeness (QED) is 0.378. The molecule has 11 heteroatoms. The van der Waals surface area contributed by atoms with Gasteiger partial charge in [-0.1, -0.05) is 29.3 Å². The first-order valence-corrected chi connectivity index (χ1v) is 14.6. The molecule has 0 radical (unpaired) electrons. The summed E-state index contributed by atoms with van der Waals surface area (Å²) in [5.74, 6) is 0.819. The Kier molecular flexibility index (Phi) is 10.9. The fraction of sp³-hybridized carbons (Fsp3) is 0.444. The molecule has 3 unspecified atom stereocenters. The second-order valence-corrected chi connectivity index (χ2v) is 12.2. The molecular weight excluding hydrogens is 547 g/mol. The lowest BCUT2D eigenvalue weighted by atomic mass is 10.2. The standard InChI is InChI=1S/C21H30N4O4S.C6H4Cl2/c1-17(2)30(26)25-11-9-24(10-12-25)18-3-5-19(6-4-18)27-14-20-15-28-21(29-20)13-23-8-7-22-16-23;7-5-2-1-3-6(8)4-5/h3-8,16-17,20-21H,9-15H2,1-2H3;1-4H. The molecule has 3 heterocycles. The molecule has 0 aliphatic carbocycles. The van der Waals surface area contributed by atoms with E-state index in [2.05, 4.69) is 26.3 Å². The topological polar surface area (TPSA) is 69.1 Å². The molecule has 8 nitrogen and oxygen atoms in total. The molecule has 1 aromatic heterocycles. The predicted octanol–water partition coefficient (Wildman–Crippen LogP) is 4.89. The highest BCUT2D eigenvalue weighted by molar-refractivity contribution is 7.83. The van der Waals surface area contributed by atoms with Crippen LogP contribution in [-0.2, 0) is 27.0 Å². The molecule has 2 fully saturated rings. The van der Waals surface area contributed by atoms with Crippen molar-refractivity contribution >= 4 is 39.9 Å². The summed E-state index contributed by atoms with van der Waals surface area (Å²) >= 11 is 11.1. The van der Waals surface area contributed by atoms with Crippen molar-refractivity contribution in [1.29, 1.82) is 0 Å². The number of anilines is 1. The van der Waals surface area contributed by atoms with Crippen LogP contribution in [0.1, 0.15) is 13.8 Å². The third-order valence-corrected chi connectivity index (χ3v) is 8.20. The summed E-state index contributed by atoms with van der Waals surface area (Å²) in [6.45, 7) is 9.02. The van der Waals surface area contributed by atoms with Crippen molar-refractivity contribution in [3.63, 3.8) is 0 Å². The Hall–Kier alpha value is -2.14. The van der Waals surface area contributed by atoms with Gasteiger partial charge < -0.3 is 23.7 Å². The molecule has 0 amide bonds. The lowest BCUT2D eigenvalue weighted by Crippen LogP contribution is -2.48. The average Bonchev–Trinajstić information content (AvgIpc) is 3.60. The molecule has 0 N–H and O–H groups in total. The number of imidazole rings is 1. The van der Waals surface area contributed by atoms with Crippen LogP contribution < -0.4 is 9.64 Å². The first-order valence-electron chi connectivity index (χ1n) is 12.6. The van der Waals surface area contributed by atoms with Crippen LogP contribution in [-0.4, -0.2) is 75.1 Å². The Morgan fingerprint density at radius 2 is 1.79 bits per heavy atom. The Morgan fingerprint density at radius 3 is 2.37 bits per heavy atom. The van der Waals surface area contributed by atoms with E-state index in [9.17, 15) is 4.21 Å². The van der Waals surface area contributed by atoms with Crippen molar-refractivity contribution in [2.24, 2.45) is 0 Å². The number of aromatic nitrogens is 2. The highest BCUT2D eigenvalue weighted by atomic mass is 35.5. The summed E-state index contributed by atoms with van der Waals surface area (Å²) in [4.78, 5) is 6.35. The maximum atomic E-state index is 12.2. The molecule has 0 saturated carbocycles. The monoisotopic (exact) mass is 580 g/mol. The maximum absolute atomic E-state index is 12.2. The van der Waals surface area contributed by atoms with Gasteiger partial charge in [0.1, 0.15) is 18.5 Å². The zero-order valence-electron chi connectivity index (χ0n) is 21.6. The van der Waals surface area contributed by atoms with Gasteiger partial charge in [0.05, 0.1) is 30.5 Å². The minimum absolute atomic E-state index is 0.0758. The van der Waals surface area contributed by atoms with Gasteiger partial charge in [-0.25, -0.2) is 13.5 Å². The predicted molar refractivity (Wildman–Crippen MR) is 152 cm³/mol. The fourth-order valence-corrected chi connectivity index (χ4v) is 5.64. The van der Waals surface area contributed by atoms with E-state index in [1.807, 2.05) is 42.8 Å². The number of piperazine rings is 1. The molecule has 5 rings (SSSR count). The minimum atomic E-state index is -0.889. The molecule has 206 valence electrons. The summed E-state index contributed by atoms with van der Waals surface area (Å²) in [5.41, 5.74) is 1.16. The smallest absolute Gasteiger partial charge is 0.176 e. The van der Waals surface area contributed by atoms with Crippen LogP contribution in [0.3, 0.4) is 0 Å². The van der Waals surface area contributed by atoms with Gasteiger partial charge in [0.15, 0.2) is 6.29 Å². The van der Waals surface area contributed by atoms with Crippen LogP contribution in [0.25, 0.3) is 0 Å². The van der Waals surface area contributed by atoms with Crippen molar-refractivity contribution in [2.45, 2.75) is 38.0 Å². The van der Waals surface area contributed by atoms with Gasteiger partial charge in [-0.15, -0.1) is 0 Å². The van der Waals surface area contributed by atoms with Gasteiger partial charge in [-0.05, 0) is 56.3 Å². The average molecular weight is 582 g/mol. The van der Waals surface area contributed by atoms with Crippen molar-refractivity contribution in [3.05, 3.63) is 77.3 Å². The minimum Gasteiger partial charge on any atom is -0.491 e. The Labute approximate surface area is 237 Å². The zero-order valence-corrected chi connectivity index (χ0v) is 23.9. The van der Waals surface area contributed by atoms with Crippen LogP contribution in [0.2, 0.25) is 10.0 Å². The van der Waals surface area contributed by atoms with E-state index in [-0.39, 0.29) is 17.6 Å². The fourth-order valence-electron chi connectivity index (χ4n) is 4.08. The van der Waals surface area contributed by atoms with E-state index in [4.69, 9.17) is 37.4 Å². The van der Waals surface area contributed by atoms with Crippen molar-refractivity contribution in [1.82, 2.24) is 13.9 Å². The number of benzene rings is 2. The van der Waals surface area contributed by atoms with E-state index in [0.717, 1.165) is 37.6 Å². The van der Waals surface area contributed by atoms with Gasteiger partial charge in [0.2, 0.25) is 0 Å². The molecular formula is C27H34Cl2N4O4S. The van der Waals surface area contributed by atoms with Crippen molar-refractivity contribution < 1.29 is 18.4 Å². The van der Waals surface area contributed by atoms with Crippen LogP contribution in [0.5, 0.6) is 5.75 Å². The first kappa shape index (κ1) is 28.9.